The first-order valence-corrected chi connectivity index (χ1v) is 12.7. The van der Waals surface area contributed by atoms with E-state index in [1.165, 1.54) is 16.9 Å². The van der Waals surface area contributed by atoms with Gasteiger partial charge in [-0.2, -0.15) is 5.10 Å². The van der Waals surface area contributed by atoms with E-state index in [-0.39, 0.29) is 17.7 Å². The lowest BCUT2D eigenvalue weighted by molar-refractivity contribution is -0.123. The molecule has 0 radical (unpaired) electrons. The molecule has 34 heavy (non-hydrogen) atoms. The van der Waals surface area contributed by atoms with Gasteiger partial charge in [-0.15, -0.1) is 16.4 Å². The number of amides is 2. The maximum absolute atomic E-state index is 13.1. The van der Waals surface area contributed by atoms with Crippen molar-refractivity contribution in [1.29, 1.82) is 0 Å². The molecule has 2 aromatic heterocycles. The summed E-state index contributed by atoms with van der Waals surface area (Å²) < 4.78 is 0. The molecule has 3 aromatic rings. The van der Waals surface area contributed by atoms with E-state index in [4.69, 9.17) is 0 Å². The Bertz CT molecular complexity index is 1140. The standard InChI is InChI=1S/C26H29N5O2S/c1-18-10-14-34-24(18)26(33)30-12-8-20(9-13-30)15-19-4-6-22(7-5-19)31(23-3-2-11-28-29-23)25(32)21-16-27-17-21/h2-7,10-11,14,20-21,27H,8-9,12-13,15-17H2,1H3. The van der Waals surface area contributed by atoms with Crippen LogP contribution < -0.4 is 10.2 Å². The number of thiophene rings is 1. The van der Waals surface area contributed by atoms with E-state index in [2.05, 4.69) is 27.6 Å². The summed E-state index contributed by atoms with van der Waals surface area (Å²) >= 11 is 1.53. The summed E-state index contributed by atoms with van der Waals surface area (Å²) in [7, 11) is 0. The van der Waals surface area contributed by atoms with E-state index in [1.807, 2.05) is 41.5 Å². The number of carbonyl (C=O) groups excluding carboxylic acids is 2. The molecule has 2 fully saturated rings. The summed E-state index contributed by atoms with van der Waals surface area (Å²) in [6.07, 6.45) is 4.61. The second-order valence-corrected chi connectivity index (χ2v) is 10.1. The maximum atomic E-state index is 13.1. The average Bonchev–Trinajstić information content (AvgIpc) is 3.26. The minimum atomic E-state index is -0.0347. The molecule has 5 rings (SSSR count). The number of likely N-dealkylation sites (tertiary alicyclic amines) is 1. The molecule has 0 unspecified atom stereocenters. The smallest absolute Gasteiger partial charge is 0.264 e. The SMILES string of the molecule is Cc1ccsc1C(=O)N1CCC(Cc2ccc(N(C(=O)C3CNC3)c3cccnn3)cc2)CC1. The first kappa shape index (κ1) is 22.7. The number of rotatable bonds is 6. The van der Waals surface area contributed by atoms with E-state index >= 15 is 0 Å². The third-order valence-corrected chi connectivity index (χ3v) is 7.82. The van der Waals surface area contributed by atoms with E-state index < -0.39 is 0 Å². The fourth-order valence-corrected chi connectivity index (χ4v) is 5.51. The lowest BCUT2D eigenvalue weighted by Gasteiger charge is -2.32. The van der Waals surface area contributed by atoms with Crippen molar-refractivity contribution in [3.63, 3.8) is 0 Å². The summed E-state index contributed by atoms with van der Waals surface area (Å²) in [5.41, 5.74) is 3.13. The largest absolute Gasteiger partial charge is 0.338 e. The van der Waals surface area contributed by atoms with Crippen LogP contribution in [0.4, 0.5) is 11.5 Å². The lowest BCUT2D eigenvalue weighted by Crippen LogP contribution is -2.51. The van der Waals surface area contributed by atoms with Gasteiger partial charge in [-0.3, -0.25) is 14.5 Å². The Morgan fingerprint density at radius 2 is 1.88 bits per heavy atom. The molecular formula is C26H29N5O2S. The number of nitrogens with one attached hydrogen (secondary N) is 1. The van der Waals surface area contributed by atoms with E-state index in [0.717, 1.165) is 48.5 Å². The molecule has 2 saturated heterocycles. The Labute approximate surface area is 203 Å². The molecule has 0 atom stereocenters. The van der Waals surface area contributed by atoms with Gasteiger partial charge in [-0.1, -0.05) is 12.1 Å². The van der Waals surface area contributed by atoms with Gasteiger partial charge >= 0.3 is 0 Å². The molecule has 2 aliphatic rings. The van der Waals surface area contributed by atoms with Gasteiger partial charge in [0.2, 0.25) is 5.91 Å². The molecule has 1 N–H and O–H groups in total. The molecule has 0 aliphatic carbocycles. The van der Waals surface area contributed by atoms with Gasteiger partial charge in [0.15, 0.2) is 5.82 Å². The Morgan fingerprint density at radius 3 is 2.47 bits per heavy atom. The molecule has 0 spiro atoms. The van der Waals surface area contributed by atoms with Crippen molar-refractivity contribution in [3.8, 4) is 0 Å². The van der Waals surface area contributed by atoms with Gasteiger partial charge in [0.05, 0.1) is 16.5 Å². The van der Waals surface area contributed by atoms with Gasteiger partial charge in [0.1, 0.15) is 0 Å². The number of aromatic nitrogens is 2. The number of carbonyl (C=O) groups is 2. The van der Waals surface area contributed by atoms with Crippen molar-refractivity contribution in [2.75, 3.05) is 31.1 Å². The number of anilines is 2. The van der Waals surface area contributed by atoms with Gasteiger partial charge in [-0.25, -0.2) is 0 Å². The van der Waals surface area contributed by atoms with Crippen LogP contribution in [-0.2, 0) is 11.2 Å². The number of nitrogens with zero attached hydrogens (tertiary/aromatic N) is 4. The van der Waals surface area contributed by atoms with Crippen LogP contribution in [0.3, 0.4) is 0 Å². The van der Waals surface area contributed by atoms with Crippen molar-refractivity contribution >= 4 is 34.7 Å². The topological polar surface area (TPSA) is 78.4 Å². The highest BCUT2D eigenvalue weighted by atomic mass is 32.1. The summed E-state index contributed by atoms with van der Waals surface area (Å²) in [5.74, 6) is 1.28. The van der Waals surface area contributed by atoms with Crippen molar-refractivity contribution in [2.45, 2.75) is 26.2 Å². The molecule has 7 nitrogen and oxygen atoms in total. The number of piperidine rings is 1. The average molecular weight is 476 g/mol. The van der Waals surface area contributed by atoms with Gasteiger partial charge in [0.25, 0.3) is 5.91 Å². The molecule has 0 bridgehead atoms. The van der Waals surface area contributed by atoms with Crippen molar-refractivity contribution in [2.24, 2.45) is 11.8 Å². The Kier molecular flexibility index (Phi) is 6.69. The Hall–Kier alpha value is -3.10. The van der Waals surface area contributed by atoms with Crippen LogP contribution in [0.25, 0.3) is 0 Å². The molecule has 1 aromatic carbocycles. The zero-order valence-electron chi connectivity index (χ0n) is 19.3. The fraction of sp³-hybridized carbons (Fsp3) is 0.385. The molecule has 0 saturated carbocycles. The zero-order valence-corrected chi connectivity index (χ0v) is 20.1. The third-order valence-electron chi connectivity index (χ3n) is 6.82. The van der Waals surface area contributed by atoms with Crippen LogP contribution in [0.2, 0.25) is 0 Å². The second-order valence-electron chi connectivity index (χ2n) is 9.15. The molecule has 8 heteroatoms. The van der Waals surface area contributed by atoms with Crippen LogP contribution in [-0.4, -0.2) is 53.1 Å². The summed E-state index contributed by atoms with van der Waals surface area (Å²) in [4.78, 5) is 30.4. The lowest BCUT2D eigenvalue weighted by atomic mass is 9.90. The molecule has 176 valence electrons. The van der Waals surface area contributed by atoms with Crippen LogP contribution in [0, 0.1) is 18.8 Å². The summed E-state index contributed by atoms with van der Waals surface area (Å²) in [6, 6.07) is 13.9. The molecule has 2 aliphatic heterocycles. The monoisotopic (exact) mass is 475 g/mol. The highest BCUT2D eigenvalue weighted by Crippen LogP contribution is 2.29. The fourth-order valence-electron chi connectivity index (χ4n) is 4.62. The highest BCUT2D eigenvalue weighted by molar-refractivity contribution is 7.12. The van der Waals surface area contributed by atoms with Gasteiger partial charge in [0, 0.05) is 32.4 Å². The first-order chi connectivity index (χ1) is 16.6. The van der Waals surface area contributed by atoms with Crippen molar-refractivity contribution in [1.82, 2.24) is 20.4 Å². The molecule has 4 heterocycles. The van der Waals surface area contributed by atoms with Crippen LogP contribution in [0.15, 0.2) is 54.0 Å². The molecular weight excluding hydrogens is 446 g/mol. The van der Waals surface area contributed by atoms with E-state index in [0.29, 0.717) is 24.8 Å². The first-order valence-electron chi connectivity index (χ1n) is 11.8. The van der Waals surface area contributed by atoms with Crippen LogP contribution in [0.5, 0.6) is 0 Å². The normalized spacial score (nSPS) is 16.8. The van der Waals surface area contributed by atoms with Gasteiger partial charge < -0.3 is 10.2 Å². The van der Waals surface area contributed by atoms with Gasteiger partial charge in [-0.05, 0) is 78.9 Å². The van der Waals surface area contributed by atoms with Crippen molar-refractivity contribution in [3.05, 3.63) is 70.0 Å². The van der Waals surface area contributed by atoms with Crippen LogP contribution in [0.1, 0.15) is 33.6 Å². The molecule has 2 amide bonds. The van der Waals surface area contributed by atoms with Crippen LogP contribution >= 0.6 is 11.3 Å². The number of hydrogen-bond donors (Lipinski definition) is 1. The summed E-state index contributed by atoms with van der Waals surface area (Å²) in [5, 5.41) is 13.3. The highest BCUT2D eigenvalue weighted by Gasteiger charge is 2.32. The minimum Gasteiger partial charge on any atom is -0.338 e. The predicted octanol–water partition coefficient (Wildman–Crippen LogP) is 3.83. The van der Waals surface area contributed by atoms with E-state index in [9.17, 15) is 9.59 Å². The maximum Gasteiger partial charge on any atom is 0.264 e. The predicted molar refractivity (Wildman–Crippen MR) is 133 cm³/mol. The Balaban J connectivity index is 1.22. The number of aryl methyl sites for hydroxylation is 1. The quantitative estimate of drug-likeness (QED) is 0.586. The summed E-state index contributed by atoms with van der Waals surface area (Å²) in [6.45, 7) is 5.01. The van der Waals surface area contributed by atoms with E-state index in [1.54, 1.807) is 17.2 Å². The minimum absolute atomic E-state index is 0.0347. The number of hydrogen-bond acceptors (Lipinski definition) is 6. The third kappa shape index (κ3) is 4.74. The Morgan fingerprint density at radius 1 is 1.12 bits per heavy atom. The second kappa shape index (κ2) is 10.0. The zero-order chi connectivity index (χ0) is 23.5. The number of benzene rings is 1. The van der Waals surface area contributed by atoms with Crippen molar-refractivity contribution < 1.29 is 9.59 Å².